The van der Waals surface area contributed by atoms with Crippen LogP contribution >= 0.6 is 0 Å². The van der Waals surface area contributed by atoms with Crippen LogP contribution in [0.25, 0.3) is 0 Å². The molecule has 8 heavy (non-hydrogen) atoms. The Morgan fingerprint density at radius 1 is 1.75 bits per heavy atom. The van der Waals surface area contributed by atoms with E-state index < -0.39 is 6.03 Å². The van der Waals surface area contributed by atoms with Gasteiger partial charge in [-0.15, -0.1) is 5.06 Å². The Kier molecular flexibility index (Phi) is 1.29. The van der Waals surface area contributed by atoms with Crippen molar-refractivity contribution in [2.24, 2.45) is 5.73 Å². The molecule has 0 aliphatic carbocycles. The van der Waals surface area contributed by atoms with Crippen LogP contribution in [-0.4, -0.2) is 17.8 Å². The highest BCUT2D eigenvalue weighted by Crippen LogP contribution is 2.00. The Balaban J connectivity index is 2.35. The summed E-state index contributed by atoms with van der Waals surface area (Å²) in [6.45, 7) is -0.0880. The van der Waals surface area contributed by atoms with E-state index in [0.717, 1.165) is 5.06 Å². The molecule has 6 heteroatoms. The minimum atomic E-state index is -0.748. The van der Waals surface area contributed by atoms with Gasteiger partial charge >= 0.3 is 6.03 Å². The molecule has 1 aliphatic heterocycles. The number of nitrogens with zero attached hydrogens (tertiary/aromatic N) is 1. The summed E-state index contributed by atoms with van der Waals surface area (Å²) in [6.07, 6.45) is 0. The highest BCUT2D eigenvalue weighted by Gasteiger charge is 2.18. The van der Waals surface area contributed by atoms with E-state index in [4.69, 9.17) is 5.73 Å². The summed E-state index contributed by atoms with van der Waals surface area (Å²) in [5.41, 5.74) is 4.70. The number of hydroxylamine groups is 2. The third-order valence-corrected chi connectivity index (χ3v) is 0.584. The van der Waals surface area contributed by atoms with Crippen molar-refractivity contribution >= 4 is 6.03 Å². The molecule has 0 bridgehead atoms. The van der Waals surface area contributed by atoms with Crippen molar-refractivity contribution in [3.63, 3.8) is 0 Å². The van der Waals surface area contributed by atoms with Crippen LogP contribution in [0.4, 0.5) is 4.79 Å². The van der Waals surface area contributed by atoms with Gasteiger partial charge in [0.2, 0.25) is 0 Å². The van der Waals surface area contributed by atoms with Crippen LogP contribution in [0.5, 0.6) is 0 Å². The van der Waals surface area contributed by atoms with Gasteiger partial charge in [0.15, 0.2) is 6.73 Å². The number of carbonyl (C=O) groups excluding carboxylic acids is 1. The second-order valence-electron chi connectivity index (χ2n) is 1.11. The smallest absolute Gasteiger partial charge is 0.343 e. The summed E-state index contributed by atoms with van der Waals surface area (Å²) in [4.78, 5) is 18.2. The van der Waals surface area contributed by atoms with Crippen molar-refractivity contribution in [3.8, 4) is 0 Å². The molecule has 46 valence electrons. The second-order valence-corrected chi connectivity index (χ2v) is 1.11. The normalized spacial score (nSPS) is 19.2. The molecule has 0 aromatic heterocycles. The number of amides is 2. The molecule has 0 unspecified atom stereocenters. The molecule has 1 fully saturated rings. The largest absolute Gasteiger partial charge is 0.350 e. The third-order valence-electron chi connectivity index (χ3n) is 0.584. The number of urea groups is 1. The topological polar surface area (TPSA) is 74.0 Å². The van der Waals surface area contributed by atoms with Crippen LogP contribution < -0.4 is 5.73 Å². The molecule has 0 radical (unpaired) electrons. The minimum Gasteiger partial charge on any atom is -0.350 e. The number of hydrogen-bond acceptors (Lipinski definition) is 4. The number of carbonyl (C=O) groups is 1. The van der Waals surface area contributed by atoms with Gasteiger partial charge in [0.1, 0.15) is 0 Å². The summed E-state index contributed by atoms with van der Waals surface area (Å²) < 4.78 is 0. The maximum absolute atomic E-state index is 10.1. The molecule has 0 saturated carbocycles. The van der Waals surface area contributed by atoms with E-state index in [-0.39, 0.29) is 6.73 Å². The predicted octanol–water partition coefficient (Wildman–Crippen LogP) is -0.867. The first-order valence-electron chi connectivity index (χ1n) is 1.84. The Hall–Kier alpha value is -0.850. The van der Waals surface area contributed by atoms with Gasteiger partial charge in [-0.05, 0) is 5.04 Å². The van der Waals surface area contributed by atoms with Gasteiger partial charge in [0, 0.05) is 0 Å². The summed E-state index contributed by atoms with van der Waals surface area (Å²) in [5.74, 6) is 0. The molecule has 2 amide bonds. The first kappa shape index (κ1) is 5.29. The fraction of sp³-hybridized carbons (Fsp3) is 0.500. The van der Waals surface area contributed by atoms with Gasteiger partial charge in [-0.3, -0.25) is 0 Å². The van der Waals surface area contributed by atoms with Gasteiger partial charge in [0.05, 0.1) is 0 Å². The number of nitrogens with two attached hydrogens (primary N) is 1. The van der Waals surface area contributed by atoms with E-state index in [2.05, 4.69) is 14.9 Å². The lowest BCUT2D eigenvalue weighted by Crippen LogP contribution is -2.31. The number of rotatable bonds is 0. The van der Waals surface area contributed by atoms with Crippen LogP contribution in [0.3, 0.4) is 0 Å². The lowest BCUT2D eigenvalue weighted by Gasteiger charge is -2.00. The van der Waals surface area contributed by atoms with Crippen LogP contribution in [0.1, 0.15) is 0 Å². The summed E-state index contributed by atoms with van der Waals surface area (Å²) in [5, 5.41) is 4.57. The van der Waals surface area contributed by atoms with E-state index in [9.17, 15) is 4.79 Å². The lowest BCUT2D eigenvalue weighted by atomic mass is 11.0. The van der Waals surface area contributed by atoms with Crippen molar-refractivity contribution in [2.45, 2.75) is 0 Å². The highest BCUT2D eigenvalue weighted by atomic mass is 17.6. The fourth-order valence-corrected chi connectivity index (χ4v) is 0.250. The average Bonchev–Trinajstić information content (AvgIpc) is 2.12. The Bertz CT molecular complexity index is 98.2. The Labute approximate surface area is 44.5 Å². The maximum Gasteiger partial charge on any atom is 0.343 e. The van der Waals surface area contributed by atoms with Gasteiger partial charge in [-0.2, -0.15) is 4.89 Å². The SMILES string of the molecule is NC(=O)N1COOO1. The second kappa shape index (κ2) is 1.95. The van der Waals surface area contributed by atoms with E-state index in [1.807, 2.05) is 0 Å². The Morgan fingerprint density at radius 3 is 2.75 bits per heavy atom. The zero-order valence-corrected chi connectivity index (χ0v) is 3.86. The quantitative estimate of drug-likeness (QED) is 0.422. The number of primary amides is 1. The van der Waals surface area contributed by atoms with Gasteiger partial charge in [-0.25, -0.2) is 4.79 Å². The van der Waals surface area contributed by atoms with Crippen molar-refractivity contribution in [1.29, 1.82) is 0 Å². The molecule has 0 atom stereocenters. The van der Waals surface area contributed by atoms with Gasteiger partial charge < -0.3 is 5.73 Å². The summed E-state index contributed by atoms with van der Waals surface area (Å²) >= 11 is 0. The summed E-state index contributed by atoms with van der Waals surface area (Å²) in [7, 11) is 0. The van der Waals surface area contributed by atoms with Crippen molar-refractivity contribution in [1.82, 2.24) is 5.06 Å². The minimum absolute atomic E-state index is 0.0880. The van der Waals surface area contributed by atoms with E-state index in [1.54, 1.807) is 0 Å². The molecule has 0 aromatic carbocycles. The predicted molar refractivity (Wildman–Crippen MR) is 19.5 cm³/mol. The van der Waals surface area contributed by atoms with E-state index >= 15 is 0 Å². The zero-order valence-electron chi connectivity index (χ0n) is 3.86. The Morgan fingerprint density at radius 2 is 2.50 bits per heavy atom. The summed E-state index contributed by atoms with van der Waals surface area (Å²) in [6, 6.07) is -0.748. The maximum atomic E-state index is 10.1. The molecule has 1 heterocycles. The average molecular weight is 120 g/mol. The molecule has 0 spiro atoms. The first-order chi connectivity index (χ1) is 3.80. The monoisotopic (exact) mass is 120 g/mol. The van der Waals surface area contributed by atoms with Gasteiger partial charge in [-0.1, -0.05) is 4.99 Å². The fourth-order valence-electron chi connectivity index (χ4n) is 0.250. The molecule has 0 aromatic rings. The third kappa shape index (κ3) is 0.861. The standard InChI is InChI=1S/C2H4N2O4/c3-2(5)4-1-6-8-7-4/h1H2,(H2,3,5). The van der Waals surface area contributed by atoms with Crippen LogP contribution in [-0.2, 0) is 14.9 Å². The van der Waals surface area contributed by atoms with Crippen LogP contribution in [0.15, 0.2) is 0 Å². The molecule has 2 N–H and O–H groups in total. The highest BCUT2D eigenvalue weighted by molar-refractivity contribution is 5.70. The van der Waals surface area contributed by atoms with Crippen molar-refractivity contribution in [3.05, 3.63) is 0 Å². The number of hydrogen-bond donors (Lipinski definition) is 1. The molecule has 1 rings (SSSR count). The molecule has 1 saturated heterocycles. The lowest BCUT2D eigenvalue weighted by molar-refractivity contribution is -0.485. The molecular weight excluding hydrogens is 116 g/mol. The van der Waals surface area contributed by atoms with E-state index in [1.165, 1.54) is 0 Å². The van der Waals surface area contributed by atoms with Crippen LogP contribution in [0, 0.1) is 0 Å². The van der Waals surface area contributed by atoms with Gasteiger partial charge in [0.25, 0.3) is 0 Å². The molecule has 1 aliphatic rings. The molecule has 6 nitrogen and oxygen atoms in total. The molecular formula is C2H4N2O4. The van der Waals surface area contributed by atoms with E-state index in [0.29, 0.717) is 0 Å². The zero-order chi connectivity index (χ0) is 5.98. The van der Waals surface area contributed by atoms with Crippen LogP contribution in [0.2, 0.25) is 0 Å². The first-order valence-corrected chi connectivity index (χ1v) is 1.84. The van der Waals surface area contributed by atoms with Crippen molar-refractivity contribution in [2.75, 3.05) is 6.73 Å². The van der Waals surface area contributed by atoms with Crippen molar-refractivity contribution < 1.29 is 19.7 Å².